The van der Waals surface area contributed by atoms with Crippen LogP contribution in [0.5, 0.6) is 0 Å². The number of carboxylic acid groups (broad SMARTS) is 1. The third kappa shape index (κ3) is 2.43. The lowest BCUT2D eigenvalue weighted by molar-refractivity contribution is -0.138. The third-order valence-corrected chi connectivity index (χ3v) is 5.71. The van der Waals surface area contributed by atoms with Crippen LogP contribution in [0.2, 0.25) is 0 Å². The van der Waals surface area contributed by atoms with Crippen LogP contribution in [0, 0.1) is 5.82 Å². The Morgan fingerprint density at radius 1 is 1.05 bits per heavy atom. The maximum absolute atomic E-state index is 13.2. The second-order valence-electron chi connectivity index (χ2n) is 4.56. The van der Waals surface area contributed by atoms with Gasteiger partial charge in [-0.1, -0.05) is 29.6 Å². The Hall–Kier alpha value is -1.46. The van der Waals surface area contributed by atoms with Crippen LogP contribution < -0.4 is 0 Å². The van der Waals surface area contributed by atoms with Crippen LogP contribution in [0.4, 0.5) is 4.39 Å². The van der Waals surface area contributed by atoms with E-state index in [1.165, 1.54) is 23.9 Å². The predicted octanol–water partition coefficient (Wildman–Crippen LogP) is 4.63. The molecular formula is C15H11FO2S2. The average Bonchev–Trinajstić information content (AvgIpc) is 2.43. The van der Waals surface area contributed by atoms with Gasteiger partial charge < -0.3 is 5.11 Å². The van der Waals surface area contributed by atoms with Gasteiger partial charge in [-0.25, -0.2) is 4.39 Å². The van der Waals surface area contributed by atoms with E-state index in [1.807, 2.05) is 18.2 Å². The number of carbonyl (C=O) groups is 1. The summed E-state index contributed by atoms with van der Waals surface area (Å²) in [5.74, 6) is -1.60. The maximum atomic E-state index is 13.2. The molecule has 1 atom stereocenters. The zero-order chi connectivity index (χ0) is 14.3. The lowest BCUT2D eigenvalue weighted by Crippen LogP contribution is -2.07. The summed E-state index contributed by atoms with van der Waals surface area (Å²) in [7, 11) is 0. The van der Waals surface area contributed by atoms with Crippen molar-refractivity contribution in [3.63, 3.8) is 0 Å². The van der Waals surface area contributed by atoms with Gasteiger partial charge in [-0.3, -0.25) is 4.79 Å². The normalized spacial score (nSPS) is 14.3. The van der Waals surface area contributed by atoms with Gasteiger partial charge in [-0.2, -0.15) is 0 Å². The summed E-state index contributed by atoms with van der Waals surface area (Å²) < 4.78 is 13.2. The Kier molecular flexibility index (Phi) is 3.48. The third-order valence-electron chi connectivity index (χ3n) is 3.18. The van der Waals surface area contributed by atoms with Gasteiger partial charge in [0.25, 0.3) is 0 Å². The molecule has 0 spiro atoms. The number of fused-ring (bicyclic) bond motifs is 2. The smallest absolute Gasteiger partial charge is 0.310 e. The minimum Gasteiger partial charge on any atom is -0.481 e. The minimum atomic E-state index is -0.833. The Balaban J connectivity index is 1.98. The summed E-state index contributed by atoms with van der Waals surface area (Å²) >= 11 is 3.07. The SMILES string of the molecule is CC(C(=O)O)c1ccc2c(c1)Sc1ccc(F)cc1S2. The zero-order valence-corrected chi connectivity index (χ0v) is 12.2. The van der Waals surface area contributed by atoms with Crippen LogP contribution in [0.1, 0.15) is 18.4 Å². The van der Waals surface area contributed by atoms with Gasteiger partial charge in [0.1, 0.15) is 5.82 Å². The van der Waals surface area contributed by atoms with Crippen molar-refractivity contribution in [2.75, 3.05) is 0 Å². The van der Waals surface area contributed by atoms with Crippen molar-refractivity contribution in [1.29, 1.82) is 0 Å². The first kappa shape index (κ1) is 13.5. The second-order valence-corrected chi connectivity index (χ2v) is 6.73. The molecule has 0 fully saturated rings. The molecule has 0 aliphatic carbocycles. The van der Waals surface area contributed by atoms with Crippen molar-refractivity contribution in [3.8, 4) is 0 Å². The average molecular weight is 306 g/mol. The van der Waals surface area contributed by atoms with E-state index >= 15 is 0 Å². The van der Waals surface area contributed by atoms with Gasteiger partial charge >= 0.3 is 5.97 Å². The lowest BCUT2D eigenvalue weighted by atomic mass is 10.0. The summed E-state index contributed by atoms with van der Waals surface area (Å²) in [6.07, 6.45) is 0. The van der Waals surface area contributed by atoms with Crippen LogP contribution in [-0.4, -0.2) is 11.1 Å². The molecule has 0 saturated carbocycles. The molecule has 0 amide bonds. The monoisotopic (exact) mass is 306 g/mol. The van der Waals surface area contributed by atoms with Gasteiger partial charge in [-0.05, 0) is 42.8 Å². The minimum absolute atomic E-state index is 0.239. The highest BCUT2D eigenvalue weighted by Gasteiger charge is 2.20. The molecule has 20 heavy (non-hydrogen) atoms. The molecule has 1 unspecified atom stereocenters. The summed E-state index contributed by atoms with van der Waals surface area (Å²) in [5, 5.41) is 9.07. The number of hydrogen-bond donors (Lipinski definition) is 1. The van der Waals surface area contributed by atoms with Gasteiger partial charge in [-0.15, -0.1) is 0 Å². The topological polar surface area (TPSA) is 37.3 Å². The largest absolute Gasteiger partial charge is 0.481 e. The van der Waals surface area contributed by atoms with Crippen molar-refractivity contribution in [3.05, 3.63) is 47.8 Å². The Bertz CT molecular complexity index is 700. The number of benzene rings is 2. The van der Waals surface area contributed by atoms with E-state index < -0.39 is 11.9 Å². The van der Waals surface area contributed by atoms with Crippen LogP contribution in [-0.2, 0) is 4.79 Å². The van der Waals surface area contributed by atoms with Crippen molar-refractivity contribution >= 4 is 29.5 Å². The molecule has 2 nitrogen and oxygen atoms in total. The molecule has 0 aromatic heterocycles. The fourth-order valence-electron chi connectivity index (χ4n) is 1.98. The van der Waals surface area contributed by atoms with Crippen LogP contribution in [0.3, 0.4) is 0 Å². The summed E-state index contributed by atoms with van der Waals surface area (Å²) in [5.41, 5.74) is 0.787. The highest BCUT2D eigenvalue weighted by atomic mass is 32.2. The van der Waals surface area contributed by atoms with E-state index in [0.717, 1.165) is 25.1 Å². The van der Waals surface area contributed by atoms with Crippen molar-refractivity contribution in [2.24, 2.45) is 0 Å². The van der Waals surface area contributed by atoms with E-state index in [-0.39, 0.29) is 5.82 Å². The molecule has 3 rings (SSSR count). The van der Waals surface area contributed by atoms with Crippen molar-refractivity contribution < 1.29 is 14.3 Å². The highest BCUT2D eigenvalue weighted by Crippen LogP contribution is 2.49. The molecule has 0 saturated heterocycles. The molecule has 2 aromatic carbocycles. The number of halogens is 1. The summed E-state index contributed by atoms with van der Waals surface area (Å²) in [6.45, 7) is 1.67. The lowest BCUT2D eigenvalue weighted by Gasteiger charge is -2.19. The van der Waals surface area contributed by atoms with E-state index in [4.69, 9.17) is 5.11 Å². The van der Waals surface area contributed by atoms with Gasteiger partial charge in [0, 0.05) is 19.6 Å². The van der Waals surface area contributed by atoms with Gasteiger partial charge in [0.05, 0.1) is 5.92 Å². The molecule has 1 aliphatic heterocycles. The molecule has 0 bridgehead atoms. The van der Waals surface area contributed by atoms with Crippen molar-refractivity contribution in [1.82, 2.24) is 0 Å². The highest BCUT2D eigenvalue weighted by molar-refractivity contribution is 8.05. The van der Waals surface area contributed by atoms with E-state index in [9.17, 15) is 9.18 Å². The fraction of sp³-hybridized carbons (Fsp3) is 0.133. The van der Waals surface area contributed by atoms with Crippen LogP contribution >= 0.6 is 23.5 Å². The summed E-state index contributed by atoms with van der Waals surface area (Å²) in [4.78, 5) is 15.0. The molecule has 102 valence electrons. The first-order valence-electron chi connectivity index (χ1n) is 6.06. The molecule has 0 radical (unpaired) electrons. The molecule has 5 heteroatoms. The van der Waals surface area contributed by atoms with Crippen LogP contribution in [0.25, 0.3) is 0 Å². The molecule has 1 heterocycles. The number of hydrogen-bond acceptors (Lipinski definition) is 3. The van der Waals surface area contributed by atoms with E-state index in [0.29, 0.717) is 0 Å². The maximum Gasteiger partial charge on any atom is 0.310 e. The number of carboxylic acids is 1. The first-order chi connectivity index (χ1) is 9.54. The molecule has 1 N–H and O–H groups in total. The quantitative estimate of drug-likeness (QED) is 0.749. The van der Waals surface area contributed by atoms with Crippen molar-refractivity contribution in [2.45, 2.75) is 32.4 Å². The fourth-order valence-corrected chi connectivity index (χ4v) is 4.25. The summed E-state index contributed by atoms with van der Waals surface area (Å²) in [6, 6.07) is 10.4. The Morgan fingerprint density at radius 2 is 1.65 bits per heavy atom. The number of aliphatic carboxylic acids is 1. The second kappa shape index (κ2) is 5.14. The predicted molar refractivity (Wildman–Crippen MR) is 77.1 cm³/mol. The standard InChI is InChI=1S/C15H11FO2S2/c1-8(15(17)18)9-2-4-11-13(6-9)19-12-5-3-10(16)7-14(12)20-11/h2-8H,1H3,(H,17,18). The zero-order valence-electron chi connectivity index (χ0n) is 10.6. The Labute approximate surface area is 124 Å². The van der Waals surface area contributed by atoms with Gasteiger partial charge in [0.2, 0.25) is 0 Å². The van der Waals surface area contributed by atoms with E-state index in [1.54, 1.807) is 24.8 Å². The molecule has 2 aromatic rings. The van der Waals surface area contributed by atoms with E-state index in [2.05, 4.69) is 0 Å². The van der Waals surface area contributed by atoms with Gasteiger partial charge in [0.15, 0.2) is 0 Å². The first-order valence-corrected chi connectivity index (χ1v) is 7.70. The molecule has 1 aliphatic rings. The van der Waals surface area contributed by atoms with Crippen LogP contribution in [0.15, 0.2) is 56.0 Å². The molecular weight excluding hydrogens is 295 g/mol. The Morgan fingerprint density at radius 3 is 2.30 bits per heavy atom. The number of rotatable bonds is 2.